The van der Waals surface area contributed by atoms with Gasteiger partial charge in [0.15, 0.2) is 0 Å². The molecule has 0 spiro atoms. The van der Waals surface area contributed by atoms with Crippen molar-refractivity contribution in [2.24, 2.45) is 5.92 Å². The number of carbonyl (C=O) groups is 1. The number of rotatable bonds is 6. The molecule has 134 valence electrons. The molecule has 2 rings (SSSR count). The number of carbonyl (C=O) groups excluding carboxylic acids is 1. The number of ether oxygens (including phenoxy) is 1. The summed E-state index contributed by atoms with van der Waals surface area (Å²) in [5, 5.41) is 12.4. The molecule has 0 aromatic heterocycles. The van der Waals surface area contributed by atoms with Gasteiger partial charge < -0.3 is 20.1 Å². The maximum absolute atomic E-state index is 12.4. The van der Waals surface area contributed by atoms with Crippen molar-refractivity contribution in [1.82, 2.24) is 10.2 Å². The standard InChI is InChI=1S/C17H24F2N2O3/c1-12(22)13-7-10-21(11-8-13)17(23)20-9-6-14-4-2-3-5-15(14)24-16(18)19/h2-5,12-13,16,22H,6-11H2,1H3,(H,20,23). The fourth-order valence-electron chi connectivity index (χ4n) is 2.92. The van der Waals surface area contributed by atoms with E-state index in [9.17, 15) is 18.7 Å². The first-order chi connectivity index (χ1) is 11.5. The maximum Gasteiger partial charge on any atom is 0.387 e. The van der Waals surface area contributed by atoms with Crippen LogP contribution in [0.1, 0.15) is 25.3 Å². The molecule has 0 saturated carbocycles. The van der Waals surface area contributed by atoms with Gasteiger partial charge in [-0.15, -0.1) is 0 Å². The van der Waals surface area contributed by atoms with Gasteiger partial charge in [-0.1, -0.05) is 18.2 Å². The van der Waals surface area contributed by atoms with E-state index in [1.54, 1.807) is 30.0 Å². The van der Waals surface area contributed by atoms with Crippen LogP contribution in [0.4, 0.5) is 13.6 Å². The lowest BCUT2D eigenvalue weighted by Crippen LogP contribution is -2.46. The lowest BCUT2D eigenvalue weighted by molar-refractivity contribution is -0.0504. The zero-order chi connectivity index (χ0) is 17.5. The molecular formula is C17H24F2N2O3. The van der Waals surface area contributed by atoms with Crippen LogP contribution in [0.3, 0.4) is 0 Å². The van der Waals surface area contributed by atoms with Crippen LogP contribution in [0, 0.1) is 5.92 Å². The third kappa shape index (κ3) is 5.33. The van der Waals surface area contributed by atoms with Crippen molar-refractivity contribution < 1.29 is 23.4 Å². The summed E-state index contributed by atoms with van der Waals surface area (Å²) in [4.78, 5) is 13.9. The molecule has 0 aliphatic carbocycles. The number of hydrogen-bond donors (Lipinski definition) is 2. The number of likely N-dealkylation sites (tertiary alicyclic amines) is 1. The molecule has 1 aromatic carbocycles. The van der Waals surface area contributed by atoms with Gasteiger partial charge in [0.1, 0.15) is 5.75 Å². The zero-order valence-corrected chi connectivity index (χ0v) is 13.8. The molecule has 2 N–H and O–H groups in total. The maximum atomic E-state index is 12.4. The number of halogens is 2. The van der Waals surface area contributed by atoms with E-state index in [2.05, 4.69) is 10.1 Å². The summed E-state index contributed by atoms with van der Waals surface area (Å²) >= 11 is 0. The summed E-state index contributed by atoms with van der Waals surface area (Å²) in [6, 6.07) is 6.41. The molecule has 1 saturated heterocycles. The molecule has 0 bridgehead atoms. The van der Waals surface area contributed by atoms with Crippen LogP contribution < -0.4 is 10.1 Å². The van der Waals surface area contributed by atoms with Crippen LogP contribution in [0.2, 0.25) is 0 Å². The zero-order valence-electron chi connectivity index (χ0n) is 13.8. The predicted octanol–water partition coefficient (Wildman–Crippen LogP) is 2.63. The van der Waals surface area contributed by atoms with Gasteiger partial charge in [-0.3, -0.25) is 0 Å². The molecule has 2 amide bonds. The number of aliphatic hydroxyl groups excluding tert-OH is 1. The Kier molecular flexibility index (Phi) is 6.78. The van der Waals surface area contributed by atoms with Crippen molar-refractivity contribution >= 4 is 6.03 Å². The van der Waals surface area contributed by atoms with E-state index >= 15 is 0 Å². The summed E-state index contributed by atoms with van der Waals surface area (Å²) in [6.07, 6.45) is 1.65. The van der Waals surface area contributed by atoms with Crippen LogP contribution in [0.25, 0.3) is 0 Å². The van der Waals surface area contributed by atoms with Gasteiger partial charge in [0, 0.05) is 19.6 Å². The SMILES string of the molecule is CC(O)C1CCN(C(=O)NCCc2ccccc2OC(F)F)CC1. The van der Waals surface area contributed by atoms with E-state index in [1.165, 1.54) is 6.07 Å². The fourth-order valence-corrected chi connectivity index (χ4v) is 2.92. The highest BCUT2D eigenvalue weighted by molar-refractivity contribution is 5.74. The Morgan fingerprint density at radius 2 is 2.04 bits per heavy atom. The minimum absolute atomic E-state index is 0.138. The average Bonchev–Trinajstić information content (AvgIpc) is 2.56. The largest absolute Gasteiger partial charge is 0.435 e. The topological polar surface area (TPSA) is 61.8 Å². The van der Waals surface area contributed by atoms with Gasteiger partial charge in [-0.05, 0) is 43.7 Å². The Labute approximate surface area is 140 Å². The molecule has 24 heavy (non-hydrogen) atoms. The summed E-state index contributed by atoms with van der Waals surface area (Å²) in [6.45, 7) is 0.493. The summed E-state index contributed by atoms with van der Waals surface area (Å²) in [7, 11) is 0. The van der Waals surface area contributed by atoms with Gasteiger partial charge >= 0.3 is 12.6 Å². The summed E-state index contributed by atoms with van der Waals surface area (Å²) in [5.74, 6) is 0.381. The van der Waals surface area contributed by atoms with E-state index < -0.39 is 6.61 Å². The monoisotopic (exact) mass is 342 g/mol. The number of alkyl halides is 2. The van der Waals surface area contributed by atoms with Gasteiger partial charge in [-0.25, -0.2) is 4.79 Å². The van der Waals surface area contributed by atoms with Crippen molar-refractivity contribution in [2.75, 3.05) is 19.6 Å². The lowest BCUT2D eigenvalue weighted by Gasteiger charge is -2.33. The molecule has 1 fully saturated rings. The molecule has 1 aliphatic rings. The van der Waals surface area contributed by atoms with E-state index in [0.29, 0.717) is 31.6 Å². The number of hydrogen-bond acceptors (Lipinski definition) is 3. The number of aliphatic hydroxyl groups is 1. The second-order valence-corrected chi connectivity index (χ2v) is 6.03. The van der Waals surface area contributed by atoms with Crippen LogP contribution in [-0.4, -0.2) is 48.4 Å². The third-order valence-corrected chi connectivity index (χ3v) is 4.37. The van der Waals surface area contributed by atoms with Gasteiger partial charge in [0.25, 0.3) is 0 Å². The molecule has 1 aromatic rings. The van der Waals surface area contributed by atoms with E-state index in [4.69, 9.17) is 0 Å². The molecule has 1 atom stereocenters. The highest BCUT2D eigenvalue weighted by Crippen LogP contribution is 2.21. The molecular weight excluding hydrogens is 318 g/mol. The van der Waals surface area contributed by atoms with Crippen molar-refractivity contribution in [3.8, 4) is 5.75 Å². The number of nitrogens with zero attached hydrogens (tertiary/aromatic N) is 1. The number of nitrogens with one attached hydrogen (secondary N) is 1. The Morgan fingerprint density at radius 1 is 1.38 bits per heavy atom. The molecule has 5 nitrogen and oxygen atoms in total. The summed E-state index contributed by atoms with van der Waals surface area (Å²) in [5.41, 5.74) is 0.630. The average molecular weight is 342 g/mol. The first-order valence-electron chi connectivity index (χ1n) is 8.21. The van der Waals surface area contributed by atoms with Crippen LogP contribution in [-0.2, 0) is 6.42 Å². The molecule has 1 aliphatic heterocycles. The van der Waals surface area contributed by atoms with Crippen LogP contribution in [0.15, 0.2) is 24.3 Å². The Morgan fingerprint density at radius 3 is 2.67 bits per heavy atom. The van der Waals surface area contributed by atoms with Crippen LogP contribution >= 0.6 is 0 Å². The predicted molar refractivity (Wildman–Crippen MR) is 86.2 cm³/mol. The Balaban J connectivity index is 1.77. The normalized spacial score (nSPS) is 17.0. The first-order valence-corrected chi connectivity index (χ1v) is 8.21. The van der Waals surface area contributed by atoms with E-state index in [1.807, 2.05) is 0 Å². The van der Waals surface area contributed by atoms with Gasteiger partial charge in [-0.2, -0.15) is 8.78 Å². The Hall–Kier alpha value is -1.89. The number of amides is 2. The Bertz CT molecular complexity index is 532. The lowest BCUT2D eigenvalue weighted by atomic mass is 9.92. The quantitative estimate of drug-likeness (QED) is 0.835. The van der Waals surface area contributed by atoms with E-state index in [-0.39, 0.29) is 23.8 Å². The van der Waals surface area contributed by atoms with Crippen LogP contribution in [0.5, 0.6) is 5.75 Å². The number of benzene rings is 1. The highest BCUT2D eigenvalue weighted by Gasteiger charge is 2.25. The molecule has 1 unspecified atom stereocenters. The van der Waals surface area contributed by atoms with Crippen molar-refractivity contribution in [3.05, 3.63) is 29.8 Å². The van der Waals surface area contributed by atoms with Gasteiger partial charge in [0.2, 0.25) is 0 Å². The second kappa shape index (κ2) is 8.82. The van der Waals surface area contributed by atoms with E-state index in [0.717, 1.165) is 12.8 Å². The first kappa shape index (κ1) is 18.4. The van der Waals surface area contributed by atoms with Crippen molar-refractivity contribution in [2.45, 2.75) is 38.9 Å². The minimum Gasteiger partial charge on any atom is -0.435 e. The molecule has 0 radical (unpaired) electrons. The summed E-state index contributed by atoms with van der Waals surface area (Å²) < 4.78 is 29.2. The second-order valence-electron chi connectivity index (χ2n) is 6.03. The third-order valence-electron chi connectivity index (χ3n) is 4.37. The van der Waals surface area contributed by atoms with Crippen molar-refractivity contribution in [1.29, 1.82) is 0 Å². The number of piperidine rings is 1. The number of para-hydroxylation sites is 1. The fraction of sp³-hybridized carbons (Fsp3) is 0.588. The van der Waals surface area contributed by atoms with Gasteiger partial charge in [0.05, 0.1) is 6.10 Å². The minimum atomic E-state index is -2.86. The molecule has 7 heteroatoms. The van der Waals surface area contributed by atoms with Crippen molar-refractivity contribution in [3.63, 3.8) is 0 Å². The number of urea groups is 1. The highest BCUT2D eigenvalue weighted by atomic mass is 19.3. The smallest absolute Gasteiger partial charge is 0.387 e. The molecule has 1 heterocycles.